The molecule has 2 heterocycles. The first-order chi connectivity index (χ1) is 13.5. The first kappa shape index (κ1) is 20.4. The van der Waals surface area contributed by atoms with Gasteiger partial charge in [0.15, 0.2) is 0 Å². The zero-order valence-corrected chi connectivity index (χ0v) is 17.3. The van der Waals surface area contributed by atoms with E-state index in [0.717, 1.165) is 22.8 Å². The molecule has 0 amide bonds. The first-order valence-corrected chi connectivity index (χ1v) is 9.89. The van der Waals surface area contributed by atoms with E-state index in [1.165, 1.54) is 6.92 Å². The monoisotopic (exact) mass is 419 g/mol. The normalized spacial score (nSPS) is 13.1. The van der Waals surface area contributed by atoms with Crippen molar-refractivity contribution in [3.8, 4) is 0 Å². The number of thiol groups is 1. The van der Waals surface area contributed by atoms with Crippen molar-refractivity contribution in [2.75, 3.05) is 17.7 Å². The Labute approximate surface area is 174 Å². The van der Waals surface area contributed by atoms with Crippen LogP contribution in [0.4, 0.5) is 5.69 Å². The molecule has 0 spiro atoms. The van der Waals surface area contributed by atoms with Gasteiger partial charge in [0.2, 0.25) is 0 Å². The lowest BCUT2D eigenvalue weighted by Crippen LogP contribution is -2.18. The molecule has 0 radical (unpaired) electrons. The van der Waals surface area contributed by atoms with Gasteiger partial charge in [-0.25, -0.2) is 0 Å². The van der Waals surface area contributed by atoms with E-state index < -0.39 is 0 Å². The number of nitrogens with one attached hydrogen (secondary N) is 1. The standard InChI is InChI=1S/C21H22ClNO4S/c1-13-5-6-15(22)10-17(13)23-18(11-26-14(2)24)21-8-7-20(27-21)16(12-28)19-4-3-9-25-19/h3-10,16,18,23,28H,11-12H2,1-2H3. The Kier molecular flexibility index (Phi) is 6.75. The summed E-state index contributed by atoms with van der Waals surface area (Å²) < 4.78 is 16.8. The highest BCUT2D eigenvalue weighted by Gasteiger charge is 2.23. The van der Waals surface area contributed by atoms with Crippen molar-refractivity contribution in [1.82, 2.24) is 0 Å². The van der Waals surface area contributed by atoms with E-state index in [0.29, 0.717) is 16.5 Å². The molecule has 5 nitrogen and oxygen atoms in total. The van der Waals surface area contributed by atoms with Gasteiger partial charge in [0, 0.05) is 23.4 Å². The van der Waals surface area contributed by atoms with Gasteiger partial charge in [-0.3, -0.25) is 4.79 Å². The van der Waals surface area contributed by atoms with Gasteiger partial charge < -0.3 is 18.9 Å². The second-order valence-electron chi connectivity index (χ2n) is 6.45. The van der Waals surface area contributed by atoms with Crippen molar-refractivity contribution in [1.29, 1.82) is 0 Å². The Hall–Kier alpha value is -2.31. The third kappa shape index (κ3) is 4.94. The number of ether oxygens (including phenoxy) is 1. The lowest BCUT2D eigenvalue weighted by atomic mass is 10.1. The number of aryl methyl sites for hydroxylation is 1. The summed E-state index contributed by atoms with van der Waals surface area (Å²) in [4.78, 5) is 11.3. The number of halogens is 1. The predicted molar refractivity (Wildman–Crippen MR) is 112 cm³/mol. The Bertz CT molecular complexity index is 922. The summed E-state index contributed by atoms with van der Waals surface area (Å²) in [5.41, 5.74) is 1.87. The Morgan fingerprint density at radius 1 is 1.21 bits per heavy atom. The van der Waals surface area contributed by atoms with E-state index in [2.05, 4.69) is 17.9 Å². The molecule has 2 unspecified atom stereocenters. The molecule has 7 heteroatoms. The molecule has 0 bridgehead atoms. The molecule has 0 aliphatic carbocycles. The molecule has 2 atom stereocenters. The largest absolute Gasteiger partial charge is 0.469 e. The predicted octanol–water partition coefficient (Wildman–Crippen LogP) is 5.61. The minimum Gasteiger partial charge on any atom is -0.469 e. The van der Waals surface area contributed by atoms with Crippen molar-refractivity contribution in [2.24, 2.45) is 0 Å². The summed E-state index contributed by atoms with van der Waals surface area (Å²) in [5, 5.41) is 3.98. The van der Waals surface area contributed by atoms with Gasteiger partial charge in [-0.15, -0.1) is 0 Å². The second-order valence-corrected chi connectivity index (χ2v) is 7.25. The topological polar surface area (TPSA) is 64.6 Å². The molecule has 0 fully saturated rings. The maximum absolute atomic E-state index is 11.3. The van der Waals surface area contributed by atoms with Gasteiger partial charge in [-0.1, -0.05) is 17.7 Å². The van der Waals surface area contributed by atoms with Crippen LogP contribution < -0.4 is 5.32 Å². The molecule has 2 aromatic heterocycles. The van der Waals surface area contributed by atoms with Gasteiger partial charge in [0.25, 0.3) is 0 Å². The minimum atomic E-state index is -0.369. The van der Waals surface area contributed by atoms with Crippen LogP contribution in [0.1, 0.15) is 41.7 Å². The van der Waals surface area contributed by atoms with E-state index in [1.54, 1.807) is 6.26 Å². The highest BCUT2D eigenvalue weighted by Crippen LogP contribution is 2.32. The van der Waals surface area contributed by atoms with Crippen LogP contribution in [0.2, 0.25) is 5.02 Å². The summed E-state index contributed by atoms with van der Waals surface area (Å²) >= 11 is 10.6. The van der Waals surface area contributed by atoms with Gasteiger partial charge >= 0.3 is 5.97 Å². The zero-order chi connectivity index (χ0) is 20.1. The summed E-state index contributed by atoms with van der Waals surface area (Å²) in [7, 11) is 0. The van der Waals surface area contributed by atoms with E-state index in [4.69, 9.17) is 25.2 Å². The number of carbonyl (C=O) groups is 1. The third-order valence-corrected chi connectivity index (χ3v) is 4.99. The summed E-state index contributed by atoms with van der Waals surface area (Å²) in [6, 6.07) is 12.7. The van der Waals surface area contributed by atoms with E-state index in [-0.39, 0.29) is 24.5 Å². The van der Waals surface area contributed by atoms with E-state index >= 15 is 0 Å². The van der Waals surface area contributed by atoms with Crippen LogP contribution in [-0.4, -0.2) is 18.3 Å². The zero-order valence-electron chi connectivity index (χ0n) is 15.6. The molecule has 0 saturated carbocycles. The van der Waals surface area contributed by atoms with Crippen LogP contribution in [0.15, 0.2) is 57.6 Å². The Balaban J connectivity index is 1.87. The molecule has 28 heavy (non-hydrogen) atoms. The number of hydrogen-bond acceptors (Lipinski definition) is 6. The van der Waals surface area contributed by atoms with Crippen LogP contribution in [0, 0.1) is 6.92 Å². The molecule has 0 saturated heterocycles. The molecular weight excluding hydrogens is 398 g/mol. The van der Waals surface area contributed by atoms with Crippen molar-refractivity contribution >= 4 is 35.9 Å². The molecule has 148 valence electrons. The number of esters is 1. The smallest absolute Gasteiger partial charge is 0.302 e. The molecule has 1 aromatic carbocycles. The van der Waals surface area contributed by atoms with Crippen LogP contribution in [-0.2, 0) is 9.53 Å². The molecule has 3 aromatic rings. The lowest BCUT2D eigenvalue weighted by Gasteiger charge is -2.19. The average molecular weight is 420 g/mol. The number of benzene rings is 1. The van der Waals surface area contributed by atoms with Crippen molar-refractivity contribution in [3.63, 3.8) is 0 Å². The molecule has 1 N–H and O–H groups in total. The fraction of sp³-hybridized carbons (Fsp3) is 0.286. The van der Waals surface area contributed by atoms with Crippen LogP contribution in [0.5, 0.6) is 0 Å². The fourth-order valence-corrected chi connectivity index (χ4v) is 3.42. The highest BCUT2D eigenvalue weighted by atomic mass is 35.5. The van der Waals surface area contributed by atoms with Gasteiger partial charge in [-0.05, 0) is 48.9 Å². The van der Waals surface area contributed by atoms with Crippen LogP contribution in [0.25, 0.3) is 0 Å². The number of furan rings is 2. The van der Waals surface area contributed by atoms with Gasteiger partial charge in [0.05, 0.1) is 12.2 Å². The summed E-state index contributed by atoms with van der Waals surface area (Å²) in [6.45, 7) is 3.48. The number of anilines is 1. The summed E-state index contributed by atoms with van der Waals surface area (Å²) in [6.07, 6.45) is 1.63. The average Bonchev–Trinajstić information content (AvgIpc) is 3.35. The number of rotatable bonds is 8. The highest BCUT2D eigenvalue weighted by molar-refractivity contribution is 7.80. The quantitative estimate of drug-likeness (QED) is 0.367. The molecule has 3 rings (SSSR count). The first-order valence-electron chi connectivity index (χ1n) is 8.88. The fourth-order valence-electron chi connectivity index (χ4n) is 2.89. The summed E-state index contributed by atoms with van der Waals surface area (Å²) in [5.74, 6) is 2.24. The van der Waals surface area contributed by atoms with Crippen molar-refractivity contribution < 1.29 is 18.4 Å². The molecule has 0 aliphatic heterocycles. The SMILES string of the molecule is CC(=O)OCC(Nc1cc(Cl)ccc1C)c1ccc(C(CS)c2ccco2)o1. The molecular formula is C21H22ClNO4S. The maximum Gasteiger partial charge on any atom is 0.302 e. The Morgan fingerprint density at radius 3 is 2.68 bits per heavy atom. The maximum atomic E-state index is 11.3. The van der Waals surface area contributed by atoms with Crippen molar-refractivity contribution in [3.05, 3.63) is 76.6 Å². The van der Waals surface area contributed by atoms with E-state index in [1.807, 2.05) is 49.4 Å². The van der Waals surface area contributed by atoms with Crippen LogP contribution in [0.3, 0.4) is 0 Å². The lowest BCUT2D eigenvalue weighted by molar-refractivity contribution is -0.141. The van der Waals surface area contributed by atoms with Gasteiger partial charge in [-0.2, -0.15) is 12.6 Å². The minimum absolute atomic E-state index is 0.102. The molecule has 0 aliphatic rings. The Morgan fingerprint density at radius 2 is 2.00 bits per heavy atom. The van der Waals surface area contributed by atoms with E-state index in [9.17, 15) is 4.79 Å². The third-order valence-electron chi connectivity index (χ3n) is 4.39. The second kappa shape index (κ2) is 9.26. The van der Waals surface area contributed by atoms with Crippen LogP contribution >= 0.6 is 24.2 Å². The number of carbonyl (C=O) groups excluding carboxylic acids is 1. The number of hydrogen-bond donors (Lipinski definition) is 2. The van der Waals surface area contributed by atoms with Crippen molar-refractivity contribution in [2.45, 2.75) is 25.8 Å². The van der Waals surface area contributed by atoms with Gasteiger partial charge in [0.1, 0.15) is 29.9 Å².